The SMILES string of the molecule is C=C(C)CC/C=C\C.C=C(C)c1cc2c(cc1C)ncn2Cc1ccc(F)cc1.C=C(NCC)c1ccc(CCCC)c(C(=C)C)c1.CC. The summed E-state index contributed by atoms with van der Waals surface area (Å²) in [6.07, 6.45) is 11.9. The fourth-order valence-corrected chi connectivity index (χ4v) is 5.14. The minimum absolute atomic E-state index is 0.213. The van der Waals surface area contributed by atoms with E-state index in [1.165, 1.54) is 47.2 Å². The molecule has 4 heteroatoms. The zero-order chi connectivity index (χ0) is 36.9. The topological polar surface area (TPSA) is 29.9 Å². The maximum absolute atomic E-state index is 13.0. The lowest BCUT2D eigenvalue weighted by molar-refractivity contribution is 0.626. The number of nitrogens with zero attached hydrogens (tertiary/aromatic N) is 2. The van der Waals surface area contributed by atoms with Gasteiger partial charge in [-0.25, -0.2) is 9.37 Å². The summed E-state index contributed by atoms with van der Waals surface area (Å²) >= 11 is 0. The predicted molar refractivity (Wildman–Crippen MR) is 217 cm³/mol. The highest BCUT2D eigenvalue weighted by Gasteiger charge is 2.09. The normalized spacial score (nSPS) is 10.2. The quantitative estimate of drug-likeness (QED) is 0.144. The number of halogens is 1. The average Bonchev–Trinajstić information content (AvgIpc) is 3.46. The summed E-state index contributed by atoms with van der Waals surface area (Å²) < 4.78 is 15.1. The van der Waals surface area contributed by atoms with Crippen molar-refractivity contribution in [1.29, 1.82) is 0 Å². The molecular weight excluding hydrogens is 602 g/mol. The molecule has 0 aliphatic heterocycles. The smallest absolute Gasteiger partial charge is 0.123 e. The summed E-state index contributed by atoms with van der Waals surface area (Å²) in [6.45, 7) is 36.1. The van der Waals surface area contributed by atoms with Crippen molar-refractivity contribution < 1.29 is 4.39 Å². The summed E-state index contributed by atoms with van der Waals surface area (Å²) in [4.78, 5) is 4.45. The molecule has 0 unspecified atom stereocenters. The molecule has 0 radical (unpaired) electrons. The molecule has 1 heterocycles. The lowest BCUT2D eigenvalue weighted by Crippen LogP contribution is -2.10. The number of benzene rings is 3. The fourth-order valence-electron chi connectivity index (χ4n) is 5.14. The molecule has 0 amide bonds. The van der Waals surface area contributed by atoms with Crippen LogP contribution in [-0.2, 0) is 13.0 Å². The number of hydrogen-bond acceptors (Lipinski definition) is 2. The number of imidazole rings is 1. The van der Waals surface area contributed by atoms with Gasteiger partial charge in [0.25, 0.3) is 0 Å². The van der Waals surface area contributed by atoms with E-state index in [0.29, 0.717) is 6.54 Å². The number of rotatable bonds is 13. The molecule has 0 saturated heterocycles. The van der Waals surface area contributed by atoms with Crippen LogP contribution < -0.4 is 5.32 Å². The third-order valence-corrected chi connectivity index (χ3v) is 7.77. The molecule has 0 aliphatic rings. The average molecular weight is 664 g/mol. The van der Waals surface area contributed by atoms with Crippen LogP contribution in [-0.4, -0.2) is 16.1 Å². The Morgan fingerprint density at radius 3 is 2.10 bits per heavy atom. The molecule has 0 saturated carbocycles. The third-order valence-electron chi connectivity index (χ3n) is 7.77. The summed E-state index contributed by atoms with van der Waals surface area (Å²) in [5.74, 6) is -0.213. The molecular formula is C45H62FN3. The Kier molecular flexibility index (Phi) is 20.0. The van der Waals surface area contributed by atoms with Gasteiger partial charge in [-0.15, -0.1) is 6.58 Å². The second-order valence-electron chi connectivity index (χ2n) is 12.3. The van der Waals surface area contributed by atoms with Crippen molar-refractivity contribution in [2.45, 2.75) is 101 Å². The van der Waals surface area contributed by atoms with E-state index in [1.54, 1.807) is 12.1 Å². The van der Waals surface area contributed by atoms with E-state index in [1.807, 2.05) is 34.0 Å². The van der Waals surface area contributed by atoms with E-state index in [-0.39, 0.29) is 5.82 Å². The van der Waals surface area contributed by atoms with Gasteiger partial charge in [0.05, 0.1) is 17.4 Å². The van der Waals surface area contributed by atoms with E-state index < -0.39 is 0 Å². The van der Waals surface area contributed by atoms with E-state index in [2.05, 4.69) is 118 Å². The summed E-state index contributed by atoms with van der Waals surface area (Å²) in [7, 11) is 0. The second-order valence-corrected chi connectivity index (χ2v) is 12.3. The van der Waals surface area contributed by atoms with Crippen LogP contribution in [0.1, 0.15) is 114 Å². The summed E-state index contributed by atoms with van der Waals surface area (Å²) in [5, 5.41) is 3.27. The van der Waals surface area contributed by atoms with E-state index in [0.717, 1.165) is 70.4 Å². The van der Waals surface area contributed by atoms with Crippen LogP contribution in [0.2, 0.25) is 0 Å². The highest BCUT2D eigenvalue weighted by Crippen LogP contribution is 2.25. The van der Waals surface area contributed by atoms with Crippen molar-refractivity contribution >= 4 is 27.9 Å². The molecule has 0 atom stereocenters. The molecule has 0 bridgehead atoms. The number of aryl methyl sites for hydroxylation is 2. The van der Waals surface area contributed by atoms with Gasteiger partial charge >= 0.3 is 0 Å². The maximum Gasteiger partial charge on any atom is 0.123 e. The van der Waals surface area contributed by atoms with Gasteiger partial charge < -0.3 is 9.88 Å². The van der Waals surface area contributed by atoms with E-state index in [4.69, 9.17) is 0 Å². The van der Waals surface area contributed by atoms with E-state index in [9.17, 15) is 4.39 Å². The number of nitrogens with one attached hydrogen (secondary N) is 1. The largest absolute Gasteiger partial charge is 0.385 e. The summed E-state index contributed by atoms with van der Waals surface area (Å²) in [5.41, 5.74) is 13.7. The first-order valence-corrected chi connectivity index (χ1v) is 17.7. The maximum atomic E-state index is 13.0. The van der Waals surface area contributed by atoms with Crippen LogP contribution in [0.4, 0.5) is 4.39 Å². The number of aromatic nitrogens is 2. The molecule has 0 fully saturated rings. The number of unbranched alkanes of at least 4 members (excludes halogenated alkanes) is 1. The van der Waals surface area contributed by atoms with Gasteiger partial charge in [-0.2, -0.15) is 0 Å². The monoisotopic (exact) mass is 663 g/mol. The van der Waals surface area contributed by atoms with Crippen molar-refractivity contribution in [3.8, 4) is 0 Å². The molecule has 0 spiro atoms. The Bertz CT molecular complexity index is 1670. The molecule has 0 aliphatic carbocycles. The van der Waals surface area contributed by atoms with Crippen molar-refractivity contribution in [2.75, 3.05) is 6.54 Å². The lowest BCUT2D eigenvalue weighted by Gasteiger charge is -2.13. The van der Waals surface area contributed by atoms with Gasteiger partial charge in [0.2, 0.25) is 0 Å². The predicted octanol–water partition coefficient (Wildman–Crippen LogP) is 13.2. The van der Waals surface area contributed by atoms with Crippen LogP contribution in [0.3, 0.4) is 0 Å². The van der Waals surface area contributed by atoms with Crippen molar-refractivity contribution in [3.63, 3.8) is 0 Å². The zero-order valence-electron chi connectivity index (χ0n) is 32.0. The molecule has 1 aromatic heterocycles. The standard InChI is InChI=1S/C18H17FN2.C17H25N.C8H14.C2H6/c1-12(2)16-9-18-17(8-13(16)3)20-11-21(18)10-14-4-6-15(19)7-5-14;1-6-8-9-15-10-11-16(14(5)18-7-2)12-17(15)13(3)4;1-4-5-6-7-8(2)3;1-2/h4-9,11H,1,10H2,2-3H3;10-12,18H,3,5-9H2,1-2,4H3;4-5H,2,6-7H2,1,3H3;1-2H3/b;;5-4-;. The van der Waals surface area contributed by atoms with E-state index >= 15 is 0 Å². The highest BCUT2D eigenvalue weighted by molar-refractivity contribution is 5.82. The van der Waals surface area contributed by atoms with Crippen LogP contribution in [0.5, 0.6) is 0 Å². The molecule has 3 aromatic carbocycles. The lowest BCUT2D eigenvalue weighted by atomic mass is 9.95. The molecule has 4 aromatic rings. The van der Waals surface area contributed by atoms with Crippen LogP contribution in [0.15, 0.2) is 105 Å². The molecule has 264 valence electrons. The Labute approximate surface area is 298 Å². The fraction of sp³-hybridized carbons (Fsp3) is 0.356. The zero-order valence-corrected chi connectivity index (χ0v) is 32.0. The minimum Gasteiger partial charge on any atom is -0.385 e. The first-order valence-electron chi connectivity index (χ1n) is 17.7. The van der Waals surface area contributed by atoms with Gasteiger partial charge in [0, 0.05) is 18.8 Å². The number of hydrogen-bond donors (Lipinski definition) is 1. The Morgan fingerprint density at radius 2 is 1.55 bits per heavy atom. The number of allylic oxidation sites excluding steroid dienone is 5. The van der Waals surface area contributed by atoms with Gasteiger partial charge in [-0.1, -0.05) is 100 Å². The first-order chi connectivity index (χ1) is 23.4. The molecule has 4 rings (SSSR count). The summed E-state index contributed by atoms with van der Waals surface area (Å²) in [6, 6.07) is 17.4. The van der Waals surface area contributed by atoms with Crippen molar-refractivity contribution in [1.82, 2.24) is 14.9 Å². The molecule has 49 heavy (non-hydrogen) atoms. The Morgan fingerprint density at radius 1 is 0.898 bits per heavy atom. The van der Waals surface area contributed by atoms with Gasteiger partial charge in [0.1, 0.15) is 5.82 Å². The van der Waals surface area contributed by atoms with Crippen LogP contribution in [0.25, 0.3) is 27.9 Å². The molecule has 3 nitrogen and oxygen atoms in total. The van der Waals surface area contributed by atoms with Gasteiger partial charge in [0.15, 0.2) is 0 Å². The second kappa shape index (κ2) is 23.0. The molecule has 1 N–H and O–H groups in total. The van der Waals surface area contributed by atoms with Crippen molar-refractivity contribution in [3.05, 3.63) is 144 Å². The van der Waals surface area contributed by atoms with Crippen LogP contribution in [0, 0.1) is 12.7 Å². The van der Waals surface area contributed by atoms with Gasteiger partial charge in [-0.3, -0.25) is 0 Å². The minimum atomic E-state index is -0.213. The third kappa shape index (κ3) is 14.7. The Balaban J connectivity index is 0.000000391. The van der Waals surface area contributed by atoms with Crippen molar-refractivity contribution in [2.24, 2.45) is 0 Å². The van der Waals surface area contributed by atoms with Crippen LogP contribution >= 0.6 is 0 Å². The first kappa shape index (κ1) is 42.6. The highest BCUT2D eigenvalue weighted by atomic mass is 19.1. The Hall–Kier alpha value is -4.44. The number of fused-ring (bicyclic) bond motifs is 1. The van der Waals surface area contributed by atoms with Gasteiger partial charge in [-0.05, 0) is 131 Å².